The number of anilines is 1. The summed E-state index contributed by atoms with van der Waals surface area (Å²) >= 11 is 7.44. The SMILES string of the molecule is O=C(c1cc2ccccc2oc1=O)N(Cc1cccnc1)c1nc2ccc(Cl)cc2s1. The number of nitrogens with zero attached hydrogens (tertiary/aromatic N) is 3. The zero-order valence-corrected chi connectivity index (χ0v) is 17.6. The molecule has 152 valence electrons. The van der Waals surface area contributed by atoms with Crippen LogP contribution in [0.4, 0.5) is 5.13 Å². The number of carbonyl (C=O) groups is 1. The predicted molar refractivity (Wildman–Crippen MR) is 122 cm³/mol. The first-order chi connectivity index (χ1) is 15.1. The summed E-state index contributed by atoms with van der Waals surface area (Å²) in [5, 5.41) is 1.71. The predicted octanol–water partition coefficient (Wildman–Crippen LogP) is 5.30. The van der Waals surface area contributed by atoms with Crippen molar-refractivity contribution in [1.82, 2.24) is 9.97 Å². The molecule has 0 bridgehead atoms. The zero-order valence-electron chi connectivity index (χ0n) is 16.0. The molecule has 0 radical (unpaired) electrons. The molecule has 0 aliphatic rings. The molecular weight excluding hydrogens is 434 g/mol. The largest absolute Gasteiger partial charge is 0.422 e. The van der Waals surface area contributed by atoms with Crippen molar-refractivity contribution in [3.8, 4) is 0 Å². The van der Waals surface area contributed by atoms with Gasteiger partial charge in [-0.05, 0) is 42.0 Å². The van der Waals surface area contributed by atoms with E-state index in [-0.39, 0.29) is 12.1 Å². The average molecular weight is 448 g/mol. The molecule has 0 atom stereocenters. The second-order valence-corrected chi connectivity index (χ2v) is 8.29. The molecule has 0 saturated carbocycles. The minimum Gasteiger partial charge on any atom is -0.422 e. The fraction of sp³-hybridized carbons (Fsp3) is 0.0435. The summed E-state index contributed by atoms with van der Waals surface area (Å²) in [6.07, 6.45) is 3.33. The number of hydrogen-bond acceptors (Lipinski definition) is 6. The molecule has 0 saturated heterocycles. The Hall–Kier alpha value is -3.55. The number of halogens is 1. The number of para-hydroxylation sites is 1. The molecule has 6 nitrogen and oxygen atoms in total. The minimum absolute atomic E-state index is 0.0557. The second kappa shape index (κ2) is 7.94. The van der Waals surface area contributed by atoms with Gasteiger partial charge in [0.2, 0.25) is 0 Å². The van der Waals surface area contributed by atoms with Crippen molar-refractivity contribution in [2.75, 3.05) is 4.90 Å². The molecule has 0 unspecified atom stereocenters. The number of aromatic nitrogens is 2. The fourth-order valence-electron chi connectivity index (χ4n) is 3.26. The molecule has 5 rings (SSSR count). The summed E-state index contributed by atoms with van der Waals surface area (Å²) in [4.78, 5) is 36.4. The Balaban J connectivity index is 1.63. The standard InChI is InChI=1S/C23H14ClN3O3S/c24-16-7-8-18-20(11-16)31-23(26-18)27(13-14-4-3-9-25-12-14)21(28)17-10-15-5-1-2-6-19(15)30-22(17)29/h1-12H,13H2. The van der Waals surface area contributed by atoms with Crippen molar-refractivity contribution < 1.29 is 9.21 Å². The first kappa shape index (κ1) is 19.4. The highest BCUT2D eigenvalue weighted by Crippen LogP contribution is 2.32. The molecule has 8 heteroatoms. The molecule has 0 aliphatic carbocycles. The van der Waals surface area contributed by atoms with Gasteiger partial charge >= 0.3 is 5.63 Å². The lowest BCUT2D eigenvalue weighted by Crippen LogP contribution is -2.33. The smallest absolute Gasteiger partial charge is 0.349 e. The summed E-state index contributed by atoms with van der Waals surface area (Å²) in [7, 11) is 0. The van der Waals surface area contributed by atoms with Crippen LogP contribution in [0.15, 0.2) is 82.3 Å². The Labute approximate surface area is 185 Å². The maximum absolute atomic E-state index is 13.5. The maximum Gasteiger partial charge on any atom is 0.349 e. The monoisotopic (exact) mass is 447 g/mol. The fourth-order valence-corrected chi connectivity index (χ4v) is 4.50. The van der Waals surface area contributed by atoms with Crippen molar-refractivity contribution in [1.29, 1.82) is 0 Å². The Bertz CT molecular complexity index is 1480. The van der Waals surface area contributed by atoms with E-state index in [0.29, 0.717) is 21.1 Å². The summed E-state index contributed by atoms with van der Waals surface area (Å²) in [6, 6.07) is 17.6. The molecule has 31 heavy (non-hydrogen) atoms. The quantitative estimate of drug-likeness (QED) is 0.349. The van der Waals surface area contributed by atoms with Crippen LogP contribution < -0.4 is 10.5 Å². The lowest BCUT2D eigenvalue weighted by molar-refractivity contribution is 0.0981. The van der Waals surface area contributed by atoms with Crippen molar-refractivity contribution in [2.24, 2.45) is 0 Å². The molecule has 0 aliphatic heterocycles. The van der Waals surface area contributed by atoms with Crippen molar-refractivity contribution in [3.05, 3.63) is 99.6 Å². The summed E-state index contributed by atoms with van der Waals surface area (Å²) in [5.41, 5.74) is 1.21. The number of pyridine rings is 1. The number of hydrogen-bond donors (Lipinski definition) is 0. The van der Waals surface area contributed by atoms with Gasteiger partial charge in [0.25, 0.3) is 5.91 Å². The van der Waals surface area contributed by atoms with E-state index in [4.69, 9.17) is 16.0 Å². The van der Waals surface area contributed by atoms with E-state index in [2.05, 4.69) is 9.97 Å². The highest BCUT2D eigenvalue weighted by molar-refractivity contribution is 7.22. The molecule has 1 amide bonds. The van der Waals surface area contributed by atoms with Gasteiger partial charge < -0.3 is 4.42 Å². The van der Waals surface area contributed by atoms with Crippen molar-refractivity contribution in [3.63, 3.8) is 0 Å². The molecule has 3 aromatic heterocycles. The molecule has 0 N–H and O–H groups in total. The Morgan fingerprint density at radius 3 is 2.81 bits per heavy atom. The second-order valence-electron chi connectivity index (χ2n) is 6.85. The van der Waals surface area contributed by atoms with Crippen LogP contribution in [0.2, 0.25) is 5.02 Å². The van der Waals surface area contributed by atoms with Crippen molar-refractivity contribution in [2.45, 2.75) is 6.54 Å². The van der Waals surface area contributed by atoms with Crippen LogP contribution in [0, 0.1) is 0 Å². The summed E-state index contributed by atoms with van der Waals surface area (Å²) < 4.78 is 6.22. The minimum atomic E-state index is -0.691. The third-order valence-electron chi connectivity index (χ3n) is 4.75. The van der Waals surface area contributed by atoms with Crippen LogP contribution in [0.25, 0.3) is 21.2 Å². The van der Waals surface area contributed by atoms with E-state index in [1.165, 1.54) is 16.2 Å². The first-order valence-corrected chi connectivity index (χ1v) is 10.6. The molecule has 0 fully saturated rings. The number of fused-ring (bicyclic) bond motifs is 2. The zero-order chi connectivity index (χ0) is 21.4. The van der Waals surface area contributed by atoms with Crippen molar-refractivity contribution >= 4 is 55.2 Å². The molecule has 5 aromatic rings. The highest BCUT2D eigenvalue weighted by atomic mass is 35.5. The first-order valence-electron chi connectivity index (χ1n) is 9.38. The normalized spacial score (nSPS) is 11.1. The van der Waals surface area contributed by atoms with Crippen LogP contribution in [0.1, 0.15) is 15.9 Å². The molecule has 3 heterocycles. The molecule has 2 aromatic carbocycles. The highest BCUT2D eigenvalue weighted by Gasteiger charge is 2.25. The Morgan fingerprint density at radius 2 is 1.97 bits per heavy atom. The number of amides is 1. The number of benzene rings is 2. The van der Waals surface area contributed by atoms with Crippen LogP contribution in [0.5, 0.6) is 0 Å². The van der Waals surface area contributed by atoms with Crippen LogP contribution >= 0.6 is 22.9 Å². The van der Waals surface area contributed by atoms with Crippen LogP contribution in [-0.2, 0) is 6.54 Å². The molecule has 0 spiro atoms. The molecular formula is C23H14ClN3O3S. The van der Waals surface area contributed by atoms with Gasteiger partial charge in [-0.2, -0.15) is 0 Å². The Morgan fingerprint density at radius 1 is 1.10 bits per heavy atom. The van der Waals surface area contributed by atoms with Gasteiger partial charge in [0, 0.05) is 22.8 Å². The third-order valence-corrected chi connectivity index (χ3v) is 6.03. The van der Waals surface area contributed by atoms with E-state index in [1.807, 2.05) is 12.1 Å². The number of rotatable bonds is 4. The lowest BCUT2D eigenvalue weighted by atomic mass is 10.1. The van der Waals surface area contributed by atoms with Gasteiger partial charge in [0.05, 0.1) is 16.8 Å². The Kier molecular flexibility index (Phi) is 4.97. The average Bonchev–Trinajstić information content (AvgIpc) is 3.20. The van der Waals surface area contributed by atoms with Crippen LogP contribution in [-0.4, -0.2) is 15.9 Å². The van der Waals surface area contributed by atoms with E-state index in [9.17, 15) is 9.59 Å². The van der Waals surface area contributed by atoms with Gasteiger partial charge in [0.15, 0.2) is 5.13 Å². The van der Waals surface area contributed by atoms with Crippen LogP contribution in [0.3, 0.4) is 0 Å². The number of carbonyl (C=O) groups excluding carboxylic acids is 1. The third kappa shape index (κ3) is 3.81. The topological polar surface area (TPSA) is 76.3 Å². The van der Waals surface area contributed by atoms with Gasteiger partial charge in [-0.25, -0.2) is 9.78 Å². The van der Waals surface area contributed by atoms with Gasteiger partial charge in [0.1, 0.15) is 11.1 Å². The van der Waals surface area contributed by atoms with E-state index in [1.54, 1.807) is 60.9 Å². The van der Waals surface area contributed by atoms with E-state index < -0.39 is 11.5 Å². The van der Waals surface area contributed by atoms with Gasteiger partial charge in [-0.1, -0.05) is 47.2 Å². The van der Waals surface area contributed by atoms with Gasteiger partial charge in [-0.15, -0.1) is 0 Å². The maximum atomic E-state index is 13.5. The summed E-state index contributed by atoms with van der Waals surface area (Å²) in [5.74, 6) is -0.492. The lowest BCUT2D eigenvalue weighted by Gasteiger charge is -2.19. The van der Waals surface area contributed by atoms with Gasteiger partial charge in [-0.3, -0.25) is 14.7 Å². The van der Waals surface area contributed by atoms with E-state index in [0.717, 1.165) is 15.8 Å². The summed E-state index contributed by atoms with van der Waals surface area (Å²) in [6.45, 7) is 0.201. The van der Waals surface area contributed by atoms with E-state index >= 15 is 0 Å². The number of thiazole rings is 1.